The molecule has 86 valence electrons. The summed E-state index contributed by atoms with van der Waals surface area (Å²) < 4.78 is 0. The average molecular weight is 225 g/mol. The van der Waals surface area contributed by atoms with E-state index in [2.05, 4.69) is 4.98 Å². The molecule has 0 fully saturated rings. The van der Waals surface area contributed by atoms with Gasteiger partial charge in [0.15, 0.2) is 0 Å². The highest BCUT2D eigenvalue weighted by atomic mass is 16.1. The van der Waals surface area contributed by atoms with Crippen molar-refractivity contribution in [1.29, 1.82) is 0 Å². The molecule has 2 rings (SSSR count). The van der Waals surface area contributed by atoms with Crippen LogP contribution in [0.3, 0.4) is 0 Å². The summed E-state index contributed by atoms with van der Waals surface area (Å²) in [5.41, 5.74) is 4.28. The lowest BCUT2D eigenvalue weighted by Gasteiger charge is -2.07. The van der Waals surface area contributed by atoms with E-state index in [4.69, 9.17) is 0 Å². The van der Waals surface area contributed by atoms with Crippen molar-refractivity contribution in [1.82, 2.24) is 4.98 Å². The first-order valence-electron chi connectivity index (χ1n) is 5.63. The molecule has 0 N–H and O–H groups in total. The van der Waals surface area contributed by atoms with Gasteiger partial charge in [-0.1, -0.05) is 23.8 Å². The highest BCUT2D eigenvalue weighted by Crippen LogP contribution is 2.16. The van der Waals surface area contributed by atoms with Gasteiger partial charge in [0.05, 0.1) is 0 Å². The van der Waals surface area contributed by atoms with E-state index in [9.17, 15) is 4.79 Å². The summed E-state index contributed by atoms with van der Waals surface area (Å²) in [4.78, 5) is 16.6. The highest BCUT2D eigenvalue weighted by Gasteiger charge is 2.14. The van der Waals surface area contributed by atoms with Crippen molar-refractivity contribution in [2.24, 2.45) is 0 Å². The molecular formula is C15H15NO. The predicted octanol–water partition coefficient (Wildman–Crippen LogP) is 3.24. The number of aromatic nitrogens is 1. The molecule has 2 nitrogen and oxygen atoms in total. The van der Waals surface area contributed by atoms with Gasteiger partial charge in [-0.05, 0) is 44.0 Å². The number of benzene rings is 1. The molecule has 1 aromatic carbocycles. The number of aryl methyl sites for hydroxylation is 3. The van der Waals surface area contributed by atoms with Crippen LogP contribution in [0, 0.1) is 20.8 Å². The second-order valence-corrected chi connectivity index (χ2v) is 4.32. The number of ketones is 1. The smallest absolute Gasteiger partial charge is 0.211 e. The number of carbonyl (C=O) groups excluding carboxylic acids is 1. The van der Waals surface area contributed by atoms with E-state index in [1.165, 1.54) is 0 Å². The van der Waals surface area contributed by atoms with Crippen LogP contribution < -0.4 is 0 Å². The Bertz CT molecular complexity index is 573. The van der Waals surface area contributed by atoms with Gasteiger partial charge in [-0.25, -0.2) is 0 Å². The quantitative estimate of drug-likeness (QED) is 0.734. The summed E-state index contributed by atoms with van der Waals surface area (Å²) >= 11 is 0. The lowest BCUT2D eigenvalue weighted by molar-refractivity contribution is 0.103. The Kier molecular flexibility index (Phi) is 3.05. The maximum atomic E-state index is 12.4. The van der Waals surface area contributed by atoms with Gasteiger partial charge in [0.25, 0.3) is 0 Å². The minimum atomic E-state index is 0.00398. The molecule has 2 aromatic rings. The average Bonchev–Trinajstić information content (AvgIpc) is 2.32. The number of nitrogens with zero attached hydrogens (tertiary/aromatic N) is 1. The third kappa shape index (κ3) is 2.26. The Hall–Kier alpha value is -1.96. The Morgan fingerprint density at radius 1 is 1.06 bits per heavy atom. The monoisotopic (exact) mass is 225 g/mol. The maximum Gasteiger partial charge on any atom is 0.211 e. The molecule has 0 amide bonds. The second kappa shape index (κ2) is 4.50. The van der Waals surface area contributed by atoms with E-state index in [-0.39, 0.29) is 5.78 Å². The van der Waals surface area contributed by atoms with Crippen LogP contribution in [0.2, 0.25) is 0 Å². The van der Waals surface area contributed by atoms with Gasteiger partial charge in [0, 0.05) is 11.8 Å². The van der Waals surface area contributed by atoms with Crippen LogP contribution in [-0.4, -0.2) is 10.8 Å². The summed E-state index contributed by atoms with van der Waals surface area (Å²) in [7, 11) is 0. The normalized spacial score (nSPS) is 10.3. The molecule has 1 heterocycles. The molecule has 2 heteroatoms. The molecule has 0 radical (unpaired) electrons. The molecule has 0 bridgehead atoms. The second-order valence-electron chi connectivity index (χ2n) is 4.32. The minimum absolute atomic E-state index is 0.00398. The first-order valence-corrected chi connectivity index (χ1v) is 5.63. The fourth-order valence-electron chi connectivity index (χ4n) is 1.83. The number of carbonyl (C=O) groups is 1. The predicted molar refractivity (Wildman–Crippen MR) is 68.3 cm³/mol. The van der Waals surface area contributed by atoms with Gasteiger partial charge in [-0.2, -0.15) is 0 Å². The van der Waals surface area contributed by atoms with Gasteiger partial charge < -0.3 is 0 Å². The number of rotatable bonds is 2. The molecule has 0 aliphatic rings. The zero-order valence-corrected chi connectivity index (χ0v) is 10.3. The Morgan fingerprint density at radius 3 is 2.53 bits per heavy atom. The summed E-state index contributed by atoms with van der Waals surface area (Å²) in [5.74, 6) is 0.00398. The standard InChI is InChI=1S/C15H15NO/c1-10-6-7-11(2)13(9-10)15(17)14-12(3)5-4-8-16-14/h4-9H,1-3H3. The Balaban J connectivity index is 2.51. The molecule has 17 heavy (non-hydrogen) atoms. The highest BCUT2D eigenvalue weighted by molar-refractivity contribution is 6.09. The summed E-state index contributed by atoms with van der Waals surface area (Å²) in [5, 5.41) is 0. The van der Waals surface area contributed by atoms with E-state index < -0.39 is 0 Å². The Labute approximate surface area is 101 Å². The third-order valence-electron chi connectivity index (χ3n) is 2.86. The number of hydrogen-bond donors (Lipinski definition) is 0. The van der Waals surface area contributed by atoms with Crippen LogP contribution in [0.15, 0.2) is 36.5 Å². The molecule has 0 aliphatic heterocycles. The van der Waals surface area contributed by atoms with Crippen molar-refractivity contribution in [3.05, 3.63) is 64.5 Å². The first kappa shape index (κ1) is 11.5. The van der Waals surface area contributed by atoms with Crippen LogP contribution >= 0.6 is 0 Å². The summed E-state index contributed by atoms with van der Waals surface area (Å²) in [6.07, 6.45) is 1.66. The molecule has 0 aliphatic carbocycles. The van der Waals surface area contributed by atoms with Crippen LogP contribution in [-0.2, 0) is 0 Å². The summed E-state index contributed by atoms with van der Waals surface area (Å²) in [6, 6.07) is 9.66. The van der Waals surface area contributed by atoms with Crippen LogP contribution in [0.5, 0.6) is 0 Å². The number of pyridine rings is 1. The van der Waals surface area contributed by atoms with Crippen molar-refractivity contribution in [3.63, 3.8) is 0 Å². The topological polar surface area (TPSA) is 30.0 Å². The van der Waals surface area contributed by atoms with Gasteiger partial charge in [0.1, 0.15) is 5.69 Å². The molecule has 0 spiro atoms. The molecule has 0 saturated carbocycles. The van der Waals surface area contributed by atoms with Crippen molar-refractivity contribution in [2.45, 2.75) is 20.8 Å². The minimum Gasteiger partial charge on any atom is -0.287 e. The van der Waals surface area contributed by atoms with Gasteiger partial charge in [-0.15, -0.1) is 0 Å². The van der Waals surface area contributed by atoms with Crippen molar-refractivity contribution < 1.29 is 4.79 Å². The van der Waals surface area contributed by atoms with E-state index in [1.807, 2.05) is 51.1 Å². The zero-order valence-electron chi connectivity index (χ0n) is 10.3. The van der Waals surface area contributed by atoms with Crippen LogP contribution in [0.1, 0.15) is 32.7 Å². The summed E-state index contributed by atoms with van der Waals surface area (Å²) in [6.45, 7) is 5.85. The molecule has 0 atom stereocenters. The van der Waals surface area contributed by atoms with Gasteiger partial charge >= 0.3 is 0 Å². The van der Waals surface area contributed by atoms with Crippen molar-refractivity contribution in [2.75, 3.05) is 0 Å². The maximum absolute atomic E-state index is 12.4. The molecule has 1 aromatic heterocycles. The van der Waals surface area contributed by atoms with Crippen molar-refractivity contribution >= 4 is 5.78 Å². The SMILES string of the molecule is Cc1ccc(C)c(C(=O)c2ncccc2C)c1. The molecular weight excluding hydrogens is 210 g/mol. The molecule has 0 saturated heterocycles. The number of hydrogen-bond acceptors (Lipinski definition) is 2. The largest absolute Gasteiger partial charge is 0.287 e. The zero-order chi connectivity index (χ0) is 12.4. The van der Waals surface area contributed by atoms with Gasteiger partial charge in [-0.3, -0.25) is 9.78 Å². The Morgan fingerprint density at radius 2 is 1.82 bits per heavy atom. The van der Waals surface area contributed by atoms with Crippen LogP contribution in [0.25, 0.3) is 0 Å². The van der Waals surface area contributed by atoms with Crippen molar-refractivity contribution in [3.8, 4) is 0 Å². The lowest BCUT2D eigenvalue weighted by Crippen LogP contribution is -2.08. The van der Waals surface area contributed by atoms with E-state index in [1.54, 1.807) is 6.20 Å². The van der Waals surface area contributed by atoms with E-state index in [0.29, 0.717) is 5.69 Å². The molecule has 0 unspecified atom stereocenters. The third-order valence-corrected chi connectivity index (χ3v) is 2.86. The fraction of sp³-hybridized carbons (Fsp3) is 0.200. The van der Waals surface area contributed by atoms with Crippen LogP contribution in [0.4, 0.5) is 0 Å². The van der Waals surface area contributed by atoms with E-state index >= 15 is 0 Å². The lowest BCUT2D eigenvalue weighted by atomic mass is 9.98. The fourth-order valence-corrected chi connectivity index (χ4v) is 1.83. The first-order chi connectivity index (χ1) is 8.09. The van der Waals surface area contributed by atoms with Gasteiger partial charge in [0.2, 0.25) is 5.78 Å². The van der Waals surface area contributed by atoms with E-state index in [0.717, 1.165) is 22.3 Å².